The maximum absolute atomic E-state index is 6.18. The number of rotatable bonds is 5. The van der Waals surface area contributed by atoms with Crippen LogP contribution in [0.2, 0.25) is 0 Å². The van der Waals surface area contributed by atoms with Crippen LogP contribution in [-0.4, -0.2) is 25.9 Å². The third-order valence-electron chi connectivity index (χ3n) is 5.37. The Bertz CT molecular complexity index is 705. The molecule has 0 radical (unpaired) electrons. The van der Waals surface area contributed by atoms with Crippen molar-refractivity contribution < 1.29 is 14.3 Å². The lowest BCUT2D eigenvalue weighted by Crippen LogP contribution is -2.52. The van der Waals surface area contributed by atoms with Crippen LogP contribution >= 0.6 is 0 Å². The number of hydroxylamine groups is 1. The molecule has 0 saturated carbocycles. The van der Waals surface area contributed by atoms with Crippen molar-refractivity contribution in [1.29, 1.82) is 0 Å². The van der Waals surface area contributed by atoms with Gasteiger partial charge in [0.05, 0.1) is 38.1 Å². The smallest absolute Gasteiger partial charge is 0.0967 e. The molecule has 4 heteroatoms. The molecule has 2 saturated heterocycles. The normalized spacial score (nSPS) is 28.7. The SMILES string of the molecule is Cc1ccccc1[C@]12CO[C@@H](COCc3ccccc3)C[C@H]1CON2. The highest BCUT2D eigenvalue weighted by molar-refractivity contribution is 5.34. The lowest BCUT2D eigenvalue weighted by Gasteiger charge is -2.41. The van der Waals surface area contributed by atoms with Crippen LogP contribution in [0.1, 0.15) is 23.1 Å². The molecule has 2 aliphatic rings. The van der Waals surface area contributed by atoms with Crippen molar-refractivity contribution in [2.45, 2.75) is 31.6 Å². The van der Waals surface area contributed by atoms with Crippen LogP contribution in [0.15, 0.2) is 54.6 Å². The molecule has 25 heavy (non-hydrogen) atoms. The van der Waals surface area contributed by atoms with E-state index in [9.17, 15) is 0 Å². The number of ether oxygens (including phenoxy) is 2. The fourth-order valence-electron chi connectivity index (χ4n) is 3.97. The van der Waals surface area contributed by atoms with E-state index >= 15 is 0 Å². The summed E-state index contributed by atoms with van der Waals surface area (Å²) in [6.07, 6.45) is 1.06. The number of benzene rings is 2. The van der Waals surface area contributed by atoms with Gasteiger partial charge in [-0.25, -0.2) is 0 Å². The molecule has 2 aromatic rings. The highest BCUT2D eigenvalue weighted by Gasteiger charge is 2.50. The Morgan fingerprint density at radius 1 is 1.12 bits per heavy atom. The van der Waals surface area contributed by atoms with Gasteiger partial charge in [-0.3, -0.25) is 0 Å². The van der Waals surface area contributed by atoms with E-state index in [1.165, 1.54) is 16.7 Å². The Labute approximate surface area is 149 Å². The molecule has 0 bridgehead atoms. The summed E-state index contributed by atoms with van der Waals surface area (Å²) in [7, 11) is 0. The van der Waals surface area contributed by atoms with Gasteiger partial charge in [0.1, 0.15) is 0 Å². The molecule has 0 aromatic heterocycles. The Morgan fingerprint density at radius 2 is 1.92 bits per heavy atom. The number of fused-ring (bicyclic) bond motifs is 1. The van der Waals surface area contributed by atoms with E-state index in [4.69, 9.17) is 14.3 Å². The maximum atomic E-state index is 6.18. The van der Waals surface area contributed by atoms with E-state index in [0.29, 0.717) is 32.3 Å². The fraction of sp³-hybridized carbons (Fsp3) is 0.429. The predicted octanol–water partition coefficient (Wildman–Crippen LogP) is 3.35. The summed E-state index contributed by atoms with van der Waals surface area (Å²) in [5.74, 6) is 0.396. The van der Waals surface area contributed by atoms with Crippen LogP contribution in [-0.2, 0) is 26.5 Å². The molecule has 2 fully saturated rings. The summed E-state index contributed by atoms with van der Waals surface area (Å²) in [6, 6.07) is 18.7. The molecule has 2 aliphatic heterocycles. The average Bonchev–Trinajstić information content (AvgIpc) is 3.07. The molecule has 2 heterocycles. The Hall–Kier alpha value is -1.72. The van der Waals surface area contributed by atoms with Gasteiger partial charge < -0.3 is 14.3 Å². The van der Waals surface area contributed by atoms with Crippen LogP contribution in [0.4, 0.5) is 0 Å². The molecule has 4 rings (SSSR count). The van der Waals surface area contributed by atoms with Gasteiger partial charge in [0.2, 0.25) is 0 Å². The first-order chi connectivity index (χ1) is 12.3. The van der Waals surface area contributed by atoms with Crippen molar-refractivity contribution in [2.75, 3.05) is 19.8 Å². The molecule has 1 N–H and O–H groups in total. The highest BCUT2D eigenvalue weighted by Crippen LogP contribution is 2.42. The number of hydrogen-bond acceptors (Lipinski definition) is 4. The van der Waals surface area contributed by atoms with Gasteiger partial charge in [0.15, 0.2) is 0 Å². The Kier molecular flexibility index (Phi) is 4.86. The summed E-state index contributed by atoms with van der Waals surface area (Å²) < 4.78 is 12.1. The highest BCUT2D eigenvalue weighted by atomic mass is 16.7. The number of aryl methyl sites for hydroxylation is 1. The first kappa shape index (κ1) is 16.7. The number of hydrogen-bond donors (Lipinski definition) is 1. The van der Waals surface area contributed by atoms with Crippen LogP contribution in [0, 0.1) is 12.8 Å². The molecule has 0 spiro atoms. The summed E-state index contributed by atoms with van der Waals surface area (Å²) in [6.45, 7) is 4.73. The van der Waals surface area contributed by atoms with E-state index in [1.54, 1.807) is 0 Å². The third-order valence-corrected chi connectivity index (χ3v) is 5.37. The molecule has 132 valence electrons. The van der Waals surface area contributed by atoms with Crippen LogP contribution in [0.3, 0.4) is 0 Å². The summed E-state index contributed by atoms with van der Waals surface area (Å²) in [5.41, 5.74) is 6.77. The summed E-state index contributed by atoms with van der Waals surface area (Å²) >= 11 is 0. The molecular weight excluding hydrogens is 314 g/mol. The molecule has 0 amide bonds. The average molecular weight is 339 g/mol. The van der Waals surface area contributed by atoms with Crippen LogP contribution < -0.4 is 5.48 Å². The molecule has 3 atom stereocenters. The van der Waals surface area contributed by atoms with E-state index in [0.717, 1.165) is 6.42 Å². The van der Waals surface area contributed by atoms with Crippen LogP contribution in [0.5, 0.6) is 0 Å². The fourth-order valence-corrected chi connectivity index (χ4v) is 3.97. The van der Waals surface area contributed by atoms with E-state index in [1.807, 2.05) is 18.2 Å². The van der Waals surface area contributed by atoms with Gasteiger partial charge in [-0.2, -0.15) is 5.48 Å². The zero-order valence-electron chi connectivity index (χ0n) is 14.6. The second-order valence-corrected chi connectivity index (χ2v) is 7.07. The minimum absolute atomic E-state index is 0.120. The number of nitrogens with one attached hydrogen (secondary N) is 1. The van der Waals surface area contributed by atoms with Gasteiger partial charge in [0, 0.05) is 5.92 Å². The first-order valence-corrected chi connectivity index (χ1v) is 8.96. The van der Waals surface area contributed by atoms with Crippen molar-refractivity contribution in [3.05, 3.63) is 71.3 Å². The Morgan fingerprint density at radius 3 is 2.76 bits per heavy atom. The van der Waals surface area contributed by atoms with Gasteiger partial charge >= 0.3 is 0 Å². The standard InChI is InChI=1S/C21H25NO3/c1-16-7-5-6-10-20(16)21-15-24-19(11-18(21)13-25-22-21)14-23-12-17-8-3-2-4-9-17/h2-10,18-19,22H,11-15H2,1H3/t18-,19+,21-/m0/s1. The molecule has 0 unspecified atom stereocenters. The zero-order chi connectivity index (χ0) is 17.1. The zero-order valence-corrected chi connectivity index (χ0v) is 14.6. The van der Waals surface area contributed by atoms with Gasteiger partial charge in [-0.05, 0) is 30.0 Å². The summed E-state index contributed by atoms with van der Waals surface area (Å²) in [5, 5.41) is 0. The molecule has 4 nitrogen and oxygen atoms in total. The minimum atomic E-state index is -0.235. The van der Waals surface area contributed by atoms with Crippen molar-refractivity contribution in [3.8, 4) is 0 Å². The van der Waals surface area contributed by atoms with Crippen LogP contribution in [0.25, 0.3) is 0 Å². The van der Waals surface area contributed by atoms with Crippen molar-refractivity contribution in [3.63, 3.8) is 0 Å². The Balaban J connectivity index is 1.39. The maximum Gasteiger partial charge on any atom is 0.0967 e. The first-order valence-electron chi connectivity index (χ1n) is 8.96. The second kappa shape index (κ2) is 7.26. The molecular formula is C21H25NO3. The van der Waals surface area contributed by atoms with Gasteiger partial charge in [0.25, 0.3) is 0 Å². The molecule has 2 aromatic carbocycles. The van der Waals surface area contributed by atoms with Crippen molar-refractivity contribution in [2.24, 2.45) is 5.92 Å². The van der Waals surface area contributed by atoms with Gasteiger partial charge in [-0.1, -0.05) is 54.6 Å². The lowest BCUT2D eigenvalue weighted by molar-refractivity contribution is -0.0989. The van der Waals surface area contributed by atoms with Crippen molar-refractivity contribution in [1.82, 2.24) is 5.48 Å². The summed E-state index contributed by atoms with van der Waals surface area (Å²) in [4.78, 5) is 5.66. The van der Waals surface area contributed by atoms with Crippen molar-refractivity contribution >= 4 is 0 Å². The van der Waals surface area contributed by atoms with E-state index < -0.39 is 0 Å². The van der Waals surface area contributed by atoms with E-state index in [-0.39, 0.29) is 11.6 Å². The molecule has 0 aliphatic carbocycles. The van der Waals surface area contributed by atoms with Gasteiger partial charge in [-0.15, -0.1) is 0 Å². The second-order valence-electron chi connectivity index (χ2n) is 7.07. The lowest BCUT2D eigenvalue weighted by atomic mass is 9.74. The quantitative estimate of drug-likeness (QED) is 0.907. The third kappa shape index (κ3) is 3.35. The minimum Gasteiger partial charge on any atom is -0.374 e. The monoisotopic (exact) mass is 339 g/mol. The topological polar surface area (TPSA) is 39.7 Å². The largest absolute Gasteiger partial charge is 0.374 e. The predicted molar refractivity (Wildman–Crippen MR) is 95.9 cm³/mol. The van der Waals surface area contributed by atoms with E-state index in [2.05, 4.69) is 48.8 Å².